The fourth-order valence-electron chi connectivity index (χ4n) is 1.46. The van der Waals surface area contributed by atoms with Crippen LogP contribution in [0.1, 0.15) is 5.82 Å². The molecular formula is C10H9ClN2OS. The Morgan fingerprint density at radius 1 is 1.47 bits per heavy atom. The molecule has 0 saturated carbocycles. The maximum absolute atomic E-state index is 6.15. The van der Waals surface area contributed by atoms with Gasteiger partial charge in [-0.2, -0.15) is 0 Å². The molecule has 0 aliphatic heterocycles. The van der Waals surface area contributed by atoms with Gasteiger partial charge in [0, 0.05) is 0 Å². The summed E-state index contributed by atoms with van der Waals surface area (Å²) in [5.74, 6) is 1.38. The Hall–Kier alpha value is -1.13. The number of aryl methyl sites for hydroxylation is 1. The molecule has 0 amide bonds. The van der Waals surface area contributed by atoms with Gasteiger partial charge in [-0.05, 0) is 19.1 Å². The smallest absolute Gasteiger partial charge is 0.139 e. The van der Waals surface area contributed by atoms with Crippen molar-refractivity contribution in [3.8, 4) is 5.75 Å². The fraction of sp³-hybridized carbons (Fsp3) is 0.200. The Morgan fingerprint density at radius 2 is 2.20 bits per heavy atom. The monoisotopic (exact) mass is 240 g/mol. The SMILES string of the molecule is COc1ccc2[nH]c(C)nc(=S)c2c1Cl. The Balaban J connectivity index is 2.93. The minimum atomic E-state index is 0.491. The Bertz CT molecular complexity index is 579. The van der Waals surface area contributed by atoms with Gasteiger partial charge in [-0.3, -0.25) is 0 Å². The number of benzene rings is 1. The van der Waals surface area contributed by atoms with Gasteiger partial charge in [0.15, 0.2) is 0 Å². The highest BCUT2D eigenvalue weighted by molar-refractivity contribution is 7.71. The van der Waals surface area contributed by atoms with E-state index in [-0.39, 0.29) is 0 Å². The van der Waals surface area contributed by atoms with E-state index in [1.807, 2.05) is 13.0 Å². The number of nitrogens with zero attached hydrogens (tertiary/aromatic N) is 1. The molecule has 0 spiro atoms. The van der Waals surface area contributed by atoms with Crippen molar-refractivity contribution in [3.63, 3.8) is 0 Å². The quantitative estimate of drug-likeness (QED) is 0.778. The molecule has 78 valence electrons. The first-order valence-electron chi connectivity index (χ1n) is 4.36. The molecule has 0 saturated heterocycles. The molecule has 1 N–H and O–H groups in total. The number of fused-ring (bicyclic) bond motifs is 1. The molecule has 2 rings (SSSR count). The molecule has 1 aromatic carbocycles. The van der Waals surface area contributed by atoms with E-state index in [4.69, 9.17) is 28.6 Å². The lowest BCUT2D eigenvalue weighted by Crippen LogP contribution is -1.92. The fourth-order valence-corrected chi connectivity index (χ4v) is 2.20. The first-order valence-corrected chi connectivity index (χ1v) is 5.15. The average Bonchev–Trinajstić information content (AvgIpc) is 2.17. The molecule has 1 heterocycles. The first kappa shape index (κ1) is 10.4. The second kappa shape index (κ2) is 3.79. The number of hydrogen-bond donors (Lipinski definition) is 1. The molecule has 0 fully saturated rings. The van der Waals surface area contributed by atoms with Crippen LogP contribution in [0.4, 0.5) is 0 Å². The molecule has 0 bridgehead atoms. The molecule has 2 aromatic rings. The number of ether oxygens (including phenoxy) is 1. The minimum absolute atomic E-state index is 0.491. The zero-order valence-corrected chi connectivity index (χ0v) is 9.87. The van der Waals surface area contributed by atoms with E-state index in [2.05, 4.69) is 9.97 Å². The van der Waals surface area contributed by atoms with Crippen LogP contribution >= 0.6 is 23.8 Å². The van der Waals surface area contributed by atoms with Crippen molar-refractivity contribution in [2.45, 2.75) is 6.92 Å². The van der Waals surface area contributed by atoms with Crippen molar-refractivity contribution >= 4 is 34.7 Å². The van der Waals surface area contributed by atoms with Crippen LogP contribution in [0, 0.1) is 11.6 Å². The summed E-state index contributed by atoms with van der Waals surface area (Å²) in [6, 6.07) is 3.68. The van der Waals surface area contributed by atoms with Gasteiger partial charge in [0.05, 0.1) is 23.0 Å². The molecule has 0 unspecified atom stereocenters. The molecule has 0 aliphatic rings. The minimum Gasteiger partial charge on any atom is -0.495 e. The van der Waals surface area contributed by atoms with Crippen LogP contribution < -0.4 is 4.74 Å². The highest BCUT2D eigenvalue weighted by atomic mass is 35.5. The number of H-pyrrole nitrogens is 1. The molecule has 5 heteroatoms. The number of rotatable bonds is 1. The Morgan fingerprint density at radius 3 is 2.87 bits per heavy atom. The summed E-state index contributed by atoms with van der Waals surface area (Å²) in [6.45, 7) is 1.85. The molecule has 15 heavy (non-hydrogen) atoms. The van der Waals surface area contributed by atoms with Crippen molar-refractivity contribution in [3.05, 3.63) is 27.6 Å². The lowest BCUT2D eigenvalue weighted by atomic mass is 10.2. The zero-order chi connectivity index (χ0) is 11.0. The van der Waals surface area contributed by atoms with Gasteiger partial charge in [0.2, 0.25) is 0 Å². The van der Waals surface area contributed by atoms with Gasteiger partial charge in [-0.15, -0.1) is 0 Å². The summed E-state index contributed by atoms with van der Waals surface area (Å²) >= 11 is 11.3. The second-order valence-corrected chi connectivity index (χ2v) is 3.90. The van der Waals surface area contributed by atoms with Crippen molar-refractivity contribution in [2.75, 3.05) is 7.11 Å². The molecular weight excluding hydrogens is 232 g/mol. The molecule has 0 atom stereocenters. The standard InChI is InChI=1S/C10H9ClN2OS/c1-5-12-6-3-4-7(14-2)9(11)8(6)10(15)13-5/h3-4H,1-2H3,(H,12,13,15). The van der Waals surface area contributed by atoms with E-state index < -0.39 is 0 Å². The van der Waals surface area contributed by atoms with Gasteiger partial charge in [-0.1, -0.05) is 23.8 Å². The number of hydrogen-bond acceptors (Lipinski definition) is 3. The number of methoxy groups -OCH3 is 1. The lowest BCUT2D eigenvalue weighted by Gasteiger charge is -2.06. The normalized spacial score (nSPS) is 10.6. The van der Waals surface area contributed by atoms with Crippen LogP contribution in [0.2, 0.25) is 5.02 Å². The van der Waals surface area contributed by atoms with E-state index in [0.717, 1.165) is 16.7 Å². The van der Waals surface area contributed by atoms with Crippen LogP contribution in [-0.2, 0) is 0 Å². The van der Waals surface area contributed by atoms with E-state index in [1.165, 1.54) is 0 Å². The van der Waals surface area contributed by atoms with Crippen LogP contribution in [0.5, 0.6) is 5.75 Å². The molecule has 3 nitrogen and oxygen atoms in total. The third kappa shape index (κ3) is 1.70. The van der Waals surface area contributed by atoms with Crippen molar-refractivity contribution in [1.29, 1.82) is 0 Å². The van der Waals surface area contributed by atoms with E-state index in [1.54, 1.807) is 13.2 Å². The van der Waals surface area contributed by atoms with Crippen molar-refractivity contribution < 1.29 is 4.74 Å². The maximum Gasteiger partial charge on any atom is 0.139 e. The molecule has 1 aromatic heterocycles. The van der Waals surface area contributed by atoms with Gasteiger partial charge >= 0.3 is 0 Å². The maximum atomic E-state index is 6.15. The summed E-state index contributed by atoms with van der Waals surface area (Å²) in [5.41, 5.74) is 0.873. The second-order valence-electron chi connectivity index (χ2n) is 3.13. The lowest BCUT2D eigenvalue weighted by molar-refractivity contribution is 0.415. The van der Waals surface area contributed by atoms with Gasteiger partial charge in [-0.25, -0.2) is 4.98 Å². The van der Waals surface area contributed by atoms with Crippen LogP contribution in [0.25, 0.3) is 10.9 Å². The highest BCUT2D eigenvalue weighted by Gasteiger charge is 2.08. The summed E-state index contributed by atoms with van der Waals surface area (Å²) in [4.78, 5) is 7.26. The van der Waals surface area contributed by atoms with E-state index in [0.29, 0.717) is 15.4 Å². The average molecular weight is 241 g/mol. The van der Waals surface area contributed by atoms with Gasteiger partial charge in [0.1, 0.15) is 16.2 Å². The van der Waals surface area contributed by atoms with Gasteiger partial charge < -0.3 is 9.72 Å². The summed E-state index contributed by atoms with van der Waals surface area (Å²) in [5, 5.41) is 1.24. The third-order valence-corrected chi connectivity index (χ3v) is 2.80. The third-order valence-electron chi connectivity index (χ3n) is 2.13. The molecule has 0 aliphatic carbocycles. The number of halogens is 1. The van der Waals surface area contributed by atoms with Crippen molar-refractivity contribution in [2.24, 2.45) is 0 Å². The topological polar surface area (TPSA) is 37.9 Å². The zero-order valence-electron chi connectivity index (χ0n) is 8.30. The van der Waals surface area contributed by atoms with E-state index in [9.17, 15) is 0 Å². The summed E-state index contributed by atoms with van der Waals surface area (Å²) in [6.07, 6.45) is 0. The number of nitrogens with one attached hydrogen (secondary N) is 1. The Labute approximate surface area is 97.1 Å². The van der Waals surface area contributed by atoms with Gasteiger partial charge in [0.25, 0.3) is 0 Å². The van der Waals surface area contributed by atoms with Crippen LogP contribution in [-0.4, -0.2) is 17.1 Å². The predicted octanol–water partition coefficient (Wildman–Crippen LogP) is 3.26. The largest absolute Gasteiger partial charge is 0.495 e. The predicted molar refractivity (Wildman–Crippen MR) is 63.2 cm³/mol. The first-order chi connectivity index (χ1) is 7.13. The van der Waals surface area contributed by atoms with E-state index >= 15 is 0 Å². The Kier molecular flexibility index (Phi) is 2.63. The van der Waals surface area contributed by atoms with Crippen LogP contribution in [0.3, 0.4) is 0 Å². The highest BCUT2D eigenvalue weighted by Crippen LogP contribution is 2.31. The summed E-state index contributed by atoms with van der Waals surface area (Å²) < 4.78 is 5.61. The molecule has 0 radical (unpaired) electrons. The van der Waals surface area contributed by atoms with Crippen molar-refractivity contribution in [1.82, 2.24) is 9.97 Å². The number of aromatic nitrogens is 2. The number of aromatic amines is 1. The van der Waals surface area contributed by atoms with Crippen LogP contribution in [0.15, 0.2) is 12.1 Å². The summed E-state index contributed by atoms with van der Waals surface area (Å²) in [7, 11) is 1.57.